The third kappa shape index (κ3) is 7.04. The number of hydrogen-bond donors (Lipinski definition) is 3. The highest BCUT2D eigenvalue weighted by atomic mass is 79.9. The number of carbonyl (C=O) groups excluding carboxylic acids is 2. The second-order valence-corrected chi connectivity index (χ2v) is 11.6. The second kappa shape index (κ2) is 12.2. The Morgan fingerprint density at radius 1 is 1.03 bits per heavy atom. The van der Waals surface area contributed by atoms with Crippen LogP contribution in [0.15, 0.2) is 76.1 Å². The summed E-state index contributed by atoms with van der Waals surface area (Å²) < 4.78 is 35.2. The maximum atomic E-state index is 13.0. The summed E-state index contributed by atoms with van der Waals surface area (Å²) in [4.78, 5) is 26.3. The summed E-state index contributed by atoms with van der Waals surface area (Å²) in [6.45, 7) is 0.704. The van der Waals surface area contributed by atoms with Gasteiger partial charge in [0.25, 0.3) is 15.9 Å². The Balaban J connectivity index is 1.40. The highest BCUT2D eigenvalue weighted by Crippen LogP contribution is 2.35. The molecule has 3 aromatic rings. The predicted molar refractivity (Wildman–Crippen MR) is 147 cm³/mol. The van der Waals surface area contributed by atoms with E-state index in [1.54, 1.807) is 47.4 Å². The number of ether oxygens (including phenoxy) is 1. The number of halogens is 2. The second-order valence-electron chi connectivity index (χ2n) is 8.60. The molecule has 200 valence electrons. The SMILES string of the molecule is O=C(NCC(=O)N1CCC(O)CC1)c1ccc(S(=O)(=O)Nc2ccccc2Oc2ccc(Br)cc2Cl)cc1. The largest absolute Gasteiger partial charge is 0.454 e. The lowest BCUT2D eigenvalue weighted by Gasteiger charge is -2.29. The quantitative estimate of drug-likeness (QED) is 0.342. The monoisotopic (exact) mass is 621 g/mol. The van der Waals surface area contributed by atoms with Gasteiger partial charge in [0.2, 0.25) is 5.91 Å². The van der Waals surface area contributed by atoms with E-state index < -0.39 is 22.0 Å². The van der Waals surface area contributed by atoms with Crippen molar-refractivity contribution in [3.63, 3.8) is 0 Å². The van der Waals surface area contributed by atoms with Gasteiger partial charge in [-0.25, -0.2) is 8.42 Å². The van der Waals surface area contributed by atoms with Crippen molar-refractivity contribution in [3.8, 4) is 11.5 Å². The number of likely N-dealkylation sites (tertiary alicyclic amines) is 1. The fraction of sp³-hybridized carbons (Fsp3) is 0.231. The smallest absolute Gasteiger partial charge is 0.262 e. The van der Waals surface area contributed by atoms with Crippen molar-refractivity contribution in [2.45, 2.75) is 23.8 Å². The molecule has 12 heteroatoms. The van der Waals surface area contributed by atoms with Gasteiger partial charge >= 0.3 is 0 Å². The summed E-state index contributed by atoms with van der Waals surface area (Å²) in [7, 11) is -4.02. The van der Waals surface area contributed by atoms with Crippen LogP contribution in [0.4, 0.5) is 5.69 Å². The molecule has 1 aliphatic rings. The summed E-state index contributed by atoms with van der Waals surface area (Å²) in [6.07, 6.45) is 0.625. The van der Waals surface area contributed by atoms with Gasteiger partial charge in [-0.3, -0.25) is 14.3 Å². The van der Waals surface area contributed by atoms with Crippen molar-refractivity contribution in [2.75, 3.05) is 24.4 Å². The normalized spacial score (nSPS) is 14.1. The first kappa shape index (κ1) is 27.9. The van der Waals surface area contributed by atoms with E-state index in [0.717, 1.165) is 4.47 Å². The molecule has 4 rings (SSSR count). The molecular weight excluding hydrogens is 598 g/mol. The summed E-state index contributed by atoms with van der Waals surface area (Å²) in [5.41, 5.74) is 0.413. The van der Waals surface area contributed by atoms with E-state index in [-0.39, 0.29) is 34.3 Å². The minimum atomic E-state index is -4.02. The van der Waals surface area contributed by atoms with E-state index in [1.807, 2.05) is 0 Å². The Morgan fingerprint density at radius 2 is 1.71 bits per heavy atom. The lowest BCUT2D eigenvalue weighted by molar-refractivity contribution is -0.132. The van der Waals surface area contributed by atoms with Gasteiger partial charge in [0.15, 0.2) is 5.75 Å². The maximum absolute atomic E-state index is 13.0. The number of nitrogens with zero attached hydrogens (tertiary/aromatic N) is 1. The molecule has 9 nitrogen and oxygen atoms in total. The summed E-state index contributed by atoms with van der Waals surface area (Å²) in [5, 5.41) is 12.5. The lowest BCUT2D eigenvalue weighted by Crippen LogP contribution is -2.45. The molecule has 1 fully saturated rings. The Morgan fingerprint density at radius 3 is 2.39 bits per heavy atom. The van der Waals surface area contributed by atoms with Crippen LogP contribution in [0.2, 0.25) is 5.02 Å². The van der Waals surface area contributed by atoms with Crippen LogP contribution in [0.1, 0.15) is 23.2 Å². The van der Waals surface area contributed by atoms with Gasteiger partial charge in [0.1, 0.15) is 5.75 Å². The summed E-state index contributed by atoms with van der Waals surface area (Å²) in [6, 6.07) is 17.0. The van der Waals surface area contributed by atoms with Crippen LogP contribution in [0.3, 0.4) is 0 Å². The number of sulfonamides is 1. The zero-order valence-electron chi connectivity index (χ0n) is 20.1. The van der Waals surface area contributed by atoms with Gasteiger partial charge in [0, 0.05) is 23.1 Å². The molecular formula is C26H25BrClN3O6S. The number of aliphatic hydroxyl groups is 1. The third-order valence-electron chi connectivity index (χ3n) is 5.89. The molecule has 1 aliphatic heterocycles. The molecule has 1 heterocycles. The van der Waals surface area contributed by atoms with Crippen molar-refractivity contribution in [3.05, 3.63) is 81.8 Å². The van der Waals surface area contributed by atoms with Crippen LogP contribution in [0, 0.1) is 0 Å². The molecule has 0 atom stereocenters. The average Bonchev–Trinajstić information content (AvgIpc) is 2.90. The zero-order valence-corrected chi connectivity index (χ0v) is 23.2. The van der Waals surface area contributed by atoms with E-state index in [0.29, 0.717) is 36.7 Å². The number of nitrogens with one attached hydrogen (secondary N) is 2. The molecule has 0 bridgehead atoms. The lowest BCUT2D eigenvalue weighted by atomic mass is 10.1. The maximum Gasteiger partial charge on any atom is 0.262 e. The standard InChI is InChI=1S/C26H25BrClN3O6S/c27-18-7-10-23(21(28)15-18)37-24-4-2-1-3-22(24)30-38(35,36)20-8-5-17(6-9-20)26(34)29-16-25(33)31-13-11-19(32)12-14-31/h1-10,15,19,30,32H,11-14,16H2,(H,29,34). The number of piperidine rings is 1. The van der Waals surface area contributed by atoms with Crippen LogP contribution in [-0.4, -0.2) is 56.0 Å². The van der Waals surface area contributed by atoms with E-state index in [1.165, 1.54) is 24.3 Å². The van der Waals surface area contributed by atoms with E-state index in [2.05, 4.69) is 26.0 Å². The van der Waals surface area contributed by atoms with Gasteiger partial charge in [-0.15, -0.1) is 0 Å². The van der Waals surface area contributed by atoms with E-state index in [4.69, 9.17) is 16.3 Å². The predicted octanol–water partition coefficient (Wildman–Crippen LogP) is 4.41. The molecule has 0 unspecified atom stereocenters. The number of amides is 2. The number of anilines is 1. The van der Waals surface area contributed by atoms with Gasteiger partial charge in [-0.2, -0.15) is 0 Å². The van der Waals surface area contributed by atoms with Crippen molar-refractivity contribution < 1.29 is 27.9 Å². The number of carbonyl (C=O) groups is 2. The van der Waals surface area contributed by atoms with Crippen molar-refractivity contribution in [1.82, 2.24) is 10.2 Å². The highest BCUT2D eigenvalue weighted by Gasteiger charge is 2.22. The molecule has 38 heavy (non-hydrogen) atoms. The Bertz CT molecular complexity index is 1430. The van der Waals surface area contributed by atoms with Gasteiger partial charge < -0.3 is 20.1 Å². The summed E-state index contributed by atoms with van der Waals surface area (Å²) in [5.74, 6) is -0.131. The van der Waals surface area contributed by atoms with E-state index >= 15 is 0 Å². The number of hydrogen-bond acceptors (Lipinski definition) is 6. The van der Waals surface area contributed by atoms with Gasteiger partial charge in [-0.05, 0) is 67.4 Å². The topological polar surface area (TPSA) is 125 Å². The molecule has 0 aromatic heterocycles. The van der Waals surface area contributed by atoms with Crippen LogP contribution in [0.25, 0.3) is 0 Å². The Labute approximate surface area is 233 Å². The first-order valence-corrected chi connectivity index (χ1v) is 14.4. The molecule has 0 radical (unpaired) electrons. The van der Waals surface area contributed by atoms with Gasteiger partial charge in [-0.1, -0.05) is 39.7 Å². The number of para-hydroxylation sites is 2. The van der Waals surface area contributed by atoms with Crippen LogP contribution in [0.5, 0.6) is 11.5 Å². The number of rotatable bonds is 8. The molecule has 3 N–H and O–H groups in total. The minimum Gasteiger partial charge on any atom is -0.454 e. The molecule has 0 aliphatic carbocycles. The van der Waals surface area contributed by atoms with Crippen LogP contribution in [-0.2, 0) is 14.8 Å². The molecule has 2 amide bonds. The molecule has 0 saturated carbocycles. The molecule has 3 aromatic carbocycles. The molecule has 0 spiro atoms. The fourth-order valence-electron chi connectivity index (χ4n) is 3.79. The van der Waals surface area contributed by atoms with Crippen LogP contribution < -0.4 is 14.8 Å². The first-order chi connectivity index (χ1) is 18.1. The number of aliphatic hydroxyl groups excluding tert-OH is 1. The van der Waals surface area contributed by atoms with Crippen LogP contribution >= 0.6 is 27.5 Å². The highest BCUT2D eigenvalue weighted by molar-refractivity contribution is 9.10. The summed E-state index contributed by atoms with van der Waals surface area (Å²) >= 11 is 9.56. The number of benzene rings is 3. The van der Waals surface area contributed by atoms with Gasteiger partial charge in [0.05, 0.1) is 28.3 Å². The fourth-order valence-corrected chi connectivity index (χ4v) is 5.57. The minimum absolute atomic E-state index is 0.0616. The van der Waals surface area contributed by atoms with E-state index in [9.17, 15) is 23.1 Å². The average molecular weight is 623 g/mol. The third-order valence-corrected chi connectivity index (χ3v) is 8.06. The zero-order chi connectivity index (χ0) is 27.3. The molecule has 1 saturated heterocycles. The Hall–Kier alpha value is -3.12. The first-order valence-electron chi connectivity index (χ1n) is 11.7. The Kier molecular flexibility index (Phi) is 8.93. The van der Waals surface area contributed by atoms with Crippen molar-refractivity contribution in [1.29, 1.82) is 0 Å². The van der Waals surface area contributed by atoms with Crippen molar-refractivity contribution >= 4 is 55.1 Å². The van der Waals surface area contributed by atoms with Crippen molar-refractivity contribution in [2.24, 2.45) is 0 Å².